The minimum Gasteiger partial charge on any atom is -0.455 e. The maximum absolute atomic E-state index is 11.2. The van der Waals surface area contributed by atoms with Crippen molar-refractivity contribution < 1.29 is 19.5 Å². The highest BCUT2D eigenvalue weighted by atomic mass is 16.5. The number of ether oxygens (including phenoxy) is 1. The maximum Gasteiger partial charge on any atom is 0.381 e. The lowest BCUT2D eigenvalue weighted by atomic mass is 10.2. The molecule has 0 fully saturated rings. The molecule has 0 aliphatic carbocycles. The summed E-state index contributed by atoms with van der Waals surface area (Å²) in [5.74, 6) is -1.97. The third kappa shape index (κ3) is 3.20. The Morgan fingerprint density at radius 1 is 1.31 bits per heavy atom. The number of carbonyl (C=O) groups excluding carboxylic acids is 2. The second kappa shape index (κ2) is 5.65. The van der Waals surface area contributed by atoms with Crippen LogP contribution in [0.15, 0.2) is 35.5 Å². The fraction of sp³-hybridized carbons (Fsp3) is 0.182. The fourth-order valence-corrected chi connectivity index (χ4v) is 0.982. The van der Waals surface area contributed by atoms with Gasteiger partial charge in [0.1, 0.15) is 12.3 Å². The predicted octanol–water partition coefficient (Wildman–Crippen LogP) is 1.15. The Kier molecular flexibility index (Phi) is 4.20. The molecule has 16 heavy (non-hydrogen) atoms. The van der Waals surface area contributed by atoms with Crippen LogP contribution in [0.3, 0.4) is 0 Å². The first-order valence-electron chi connectivity index (χ1n) is 4.59. The topological polar surface area (TPSA) is 76.0 Å². The average Bonchev–Trinajstić information content (AvgIpc) is 2.35. The molecule has 0 amide bonds. The molecule has 1 aromatic carbocycles. The Balaban J connectivity index is 2.51. The summed E-state index contributed by atoms with van der Waals surface area (Å²) < 4.78 is 4.73. The summed E-state index contributed by atoms with van der Waals surface area (Å²) in [5, 5.41) is 10.9. The van der Waals surface area contributed by atoms with E-state index in [0.29, 0.717) is 0 Å². The minimum atomic E-state index is -1.03. The van der Waals surface area contributed by atoms with Gasteiger partial charge in [-0.25, -0.2) is 4.79 Å². The van der Waals surface area contributed by atoms with E-state index < -0.39 is 11.8 Å². The van der Waals surface area contributed by atoms with E-state index in [4.69, 9.17) is 9.94 Å². The number of hydrogen-bond acceptors (Lipinski definition) is 5. The SMILES string of the molecule is C/C(=N\O)C(=O)C(=O)OCc1ccccc1. The Labute approximate surface area is 92.3 Å². The third-order valence-corrected chi connectivity index (χ3v) is 1.88. The molecule has 0 aliphatic rings. The van der Waals surface area contributed by atoms with Crippen LogP contribution in [0.25, 0.3) is 0 Å². The highest BCUT2D eigenvalue weighted by molar-refractivity contribution is 6.63. The van der Waals surface area contributed by atoms with Gasteiger partial charge in [-0.3, -0.25) is 4.79 Å². The highest BCUT2D eigenvalue weighted by Gasteiger charge is 2.19. The second-order valence-electron chi connectivity index (χ2n) is 3.08. The predicted molar refractivity (Wildman–Crippen MR) is 56.1 cm³/mol. The molecule has 0 aliphatic heterocycles. The van der Waals surface area contributed by atoms with Crippen LogP contribution in [0.5, 0.6) is 0 Å². The molecule has 0 radical (unpaired) electrons. The van der Waals surface area contributed by atoms with Crippen LogP contribution in [0.1, 0.15) is 12.5 Å². The highest BCUT2D eigenvalue weighted by Crippen LogP contribution is 2.01. The number of rotatable bonds is 4. The van der Waals surface area contributed by atoms with Crippen molar-refractivity contribution in [3.05, 3.63) is 35.9 Å². The first-order chi connectivity index (χ1) is 7.65. The van der Waals surface area contributed by atoms with Crippen molar-refractivity contribution >= 4 is 17.5 Å². The smallest absolute Gasteiger partial charge is 0.381 e. The molecule has 0 heterocycles. The van der Waals surface area contributed by atoms with E-state index in [1.807, 2.05) is 6.07 Å². The van der Waals surface area contributed by atoms with Gasteiger partial charge in [-0.05, 0) is 12.5 Å². The Morgan fingerprint density at radius 2 is 1.94 bits per heavy atom. The van der Waals surface area contributed by atoms with E-state index in [1.54, 1.807) is 24.3 Å². The molecule has 0 spiro atoms. The van der Waals surface area contributed by atoms with Crippen molar-refractivity contribution in [3.8, 4) is 0 Å². The van der Waals surface area contributed by atoms with E-state index >= 15 is 0 Å². The van der Waals surface area contributed by atoms with Gasteiger partial charge in [0.25, 0.3) is 5.78 Å². The lowest BCUT2D eigenvalue weighted by Crippen LogP contribution is -2.24. The fourth-order valence-electron chi connectivity index (χ4n) is 0.982. The monoisotopic (exact) mass is 221 g/mol. The normalized spacial score (nSPS) is 10.9. The van der Waals surface area contributed by atoms with Crippen molar-refractivity contribution in [2.75, 3.05) is 0 Å². The zero-order chi connectivity index (χ0) is 12.0. The summed E-state index contributed by atoms with van der Waals surface area (Å²) in [5.41, 5.74) is 0.486. The summed E-state index contributed by atoms with van der Waals surface area (Å²) in [6, 6.07) is 8.96. The molecule has 0 saturated heterocycles. The molecule has 0 aromatic heterocycles. The Bertz CT molecular complexity index is 411. The third-order valence-electron chi connectivity index (χ3n) is 1.88. The van der Waals surface area contributed by atoms with Gasteiger partial charge >= 0.3 is 5.97 Å². The maximum atomic E-state index is 11.2. The van der Waals surface area contributed by atoms with Gasteiger partial charge in [0.05, 0.1) is 0 Å². The van der Waals surface area contributed by atoms with Crippen LogP contribution in [0.2, 0.25) is 0 Å². The quantitative estimate of drug-likeness (QED) is 0.272. The second-order valence-corrected chi connectivity index (χ2v) is 3.08. The number of ketones is 1. The van der Waals surface area contributed by atoms with Crippen LogP contribution in [-0.4, -0.2) is 22.7 Å². The van der Waals surface area contributed by atoms with Gasteiger partial charge in [0.2, 0.25) is 0 Å². The van der Waals surface area contributed by atoms with Crippen molar-refractivity contribution in [2.45, 2.75) is 13.5 Å². The van der Waals surface area contributed by atoms with Crippen molar-refractivity contribution in [1.82, 2.24) is 0 Å². The van der Waals surface area contributed by atoms with E-state index in [2.05, 4.69) is 5.16 Å². The lowest BCUT2D eigenvalue weighted by Gasteiger charge is -2.02. The largest absolute Gasteiger partial charge is 0.455 e. The number of esters is 1. The molecule has 0 unspecified atom stereocenters. The number of benzene rings is 1. The van der Waals surface area contributed by atoms with Crippen LogP contribution in [-0.2, 0) is 20.9 Å². The van der Waals surface area contributed by atoms with Gasteiger partial charge < -0.3 is 9.94 Å². The van der Waals surface area contributed by atoms with Crippen LogP contribution in [0.4, 0.5) is 0 Å². The van der Waals surface area contributed by atoms with Gasteiger partial charge in [0.15, 0.2) is 0 Å². The van der Waals surface area contributed by atoms with Crippen LogP contribution < -0.4 is 0 Å². The summed E-state index contributed by atoms with van der Waals surface area (Å²) in [6.45, 7) is 1.25. The first kappa shape index (κ1) is 11.9. The minimum absolute atomic E-state index is 0.0180. The summed E-state index contributed by atoms with van der Waals surface area (Å²) in [4.78, 5) is 22.3. The van der Waals surface area contributed by atoms with Crippen LogP contribution in [0, 0.1) is 0 Å². The molecule has 84 valence electrons. The summed E-state index contributed by atoms with van der Waals surface area (Å²) >= 11 is 0. The molecule has 1 N–H and O–H groups in total. The molecule has 0 bridgehead atoms. The Morgan fingerprint density at radius 3 is 2.50 bits per heavy atom. The molecule has 0 saturated carbocycles. The molecule has 5 nitrogen and oxygen atoms in total. The van der Waals surface area contributed by atoms with Crippen LogP contribution >= 0.6 is 0 Å². The number of Topliss-reactive ketones (excluding diaryl/α,β-unsaturated/α-hetero) is 1. The molecular weight excluding hydrogens is 210 g/mol. The van der Waals surface area contributed by atoms with E-state index in [-0.39, 0.29) is 12.3 Å². The standard InChI is InChI=1S/C11H11NO4/c1-8(12-15)10(13)11(14)16-7-9-5-3-2-4-6-9/h2-6,15H,7H2,1H3/b12-8+. The average molecular weight is 221 g/mol. The van der Waals surface area contributed by atoms with E-state index in [0.717, 1.165) is 5.56 Å². The first-order valence-corrected chi connectivity index (χ1v) is 4.59. The number of hydrogen-bond donors (Lipinski definition) is 1. The molecule has 0 atom stereocenters. The van der Waals surface area contributed by atoms with Crippen molar-refractivity contribution in [1.29, 1.82) is 0 Å². The zero-order valence-electron chi connectivity index (χ0n) is 8.71. The van der Waals surface area contributed by atoms with Gasteiger partial charge in [-0.1, -0.05) is 35.5 Å². The molecule has 1 rings (SSSR count). The molecule has 1 aromatic rings. The number of nitrogens with zero attached hydrogens (tertiary/aromatic N) is 1. The van der Waals surface area contributed by atoms with Crippen molar-refractivity contribution in [2.24, 2.45) is 5.16 Å². The van der Waals surface area contributed by atoms with Gasteiger partial charge in [-0.2, -0.15) is 0 Å². The zero-order valence-corrected chi connectivity index (χ0v) is 8.71. The Hall–Kier alpha value is -2.17. The molecule has 5 heteroatoms. The van der Waals surface area contributed by atoms with Crippen molar-refractivity contribution in [3.63, 3.8) is 0 Å². The number of carbonyl (C=O) groups is 2. The number of oxime groups is 1. The van der Waals surface area contributed by atoms with Gasteiger partial charge in [-0.15, -0.1) is 0 Å². The van der Waals surface area contributed by atoms with E-state index in [1.165, 1.54) is 6.92 Å². The van der Waals surface area contributed by atoms with Gasteiger partial charge in [0, 0.05) is 0 Å². The molecular formula is C11H11NO4. The lowest BCUT2D eigenvalue weighted by molar-refractivity contribution is -0.152. The summed E-state index contributed by atoms with van der Waals surface area (Å²) in [7, 11) is 0. The van der Waals surface area contributed by atoms with E-state index in [9.17, 15) is 9.59 Å². The summed E-state index contributed by atoms with van der Waals surface area (Å²) in [6.07, 6.45) is 0.